The third-order valence-corrected chi connectivity index (χ3v) is 6.35. The van der Waals surface area contributed by atoms with E-state index in [-0.39, 0.29) is 28.6 Å². The van der Waals surface area contributed by atoms with Crippen molar-refractivity contribution in [2.45, 2.75) is 6.42 Å². The zero-order valence-corrected chi connectivity index (χ0v) is 23.8. The van der Waals surface area contributed by atoms with Crippen LogP contribution in [-0.2, 0) is 33.0 Å². The monoisotopic (exact) mass is 613 g/mol. The fourth-order valence-corrected chi connectivity index (χ4v) is 4.26. The van der Waals surface area contributed by atoms with Crippen molar-refractivity contribution < 1.29 is 46.2 Å². The normalized spacial score (nSPS) is 14.5. The number of fused-ring (bicyclic) bond motifs is 2. The van der Waals surface area contributed by atoms with Gasteiger partial charge in [0.05, 0.1) is 37.8 Å². The van der Waals surface area contributed by atoms with E-state index < -0.39 is 0 Å². The van der Waals surface area contributed by atoms with E-state index in [4.69, 9.17) is 18.9 Å². The van der Waals surface area contributed by atoms with Crippen molar-refractivity contribution in [3.63, 3.8) is 0 Å². The average molecular weight is 614 g/mol. The van der Waals surface area contributed by atoms with E-state index >= 15 is 0 Å². The van der Waals surface area contributed by atoms with Gasteiger partial charge in [0.25, 0.3) is 0 Å². The van der Waals surface area contributed by atoms with E-state index in [1.54, 1.807) is 36.7 Å². The van der Waals surface area contributed by atoms with Crippen LogP contribution in [0.1, 0.15) is 22.3 Å². The summed E-state index contributed by atoms with van der Waals surface area (Å²) in [5, 5.41) is 24.2. The molecule has 0 saturated carbocycles. The smallest absolute Gasteiger partial charge is 0.872 e. The van der Waals surface area contributed by atoms with E-state index in [0.717, 1.165) is 11.1 Å². The van der Waals surface area contributed by atoms with Gasteiger partial charge in [-0.25, -0.2) is 0 Å². The van der Waals surface area contributed by atoms with Crippen LogP contribution in [0, 0.1) is 0 Å². The van der Waals surface area contributed by atoms with Crippen molar-refractivity contribution in [3.8, 4) is 23.0 Å². The summed E-state index contributed by atoms with van der Waals surface area (Å²) in [7, 11) is 0. The fraction of sp³-hybridized carbons (Fsp3) is 0.212. The summed E-state index contributed by atoms with van der Waals surface area (Å²) < 4.78 is 23.4. The van der Waals surface area contributed by atoms with Crippen LogP contribution in [0.3, 0.4) is 0 Å². The second-order valence-corrected chi connectivity index (χ2v) is 9.27. The fourth-order valence-electron chi connectivity index (χ4n) is 4.26. The third-order valence-electron chi connectivity index (χ3n) is 6.35. The molecule has 0 amide bonds. The molecule has 0 aliphatic carbocycles. The first kappa shape index (κ1) is 30.8. The van der Waals surface area contributed by atoms with Crippen LogP contribution in [0.4, 0.5) is 11.4 Å². The number of para-hydroxylation sites is 2. The average Bonchev–Trinajstić information content (AvgIpc) is 2.99. The molecule has 4 aromatic rings. The first-order chi connectivity index (χ1) is 20.2. The van der Waals surface area contributed by atoms with E-state index in [0.29, 0.717) is 80.1 Å². The van der Waals surface area contributed by atoms with Crippen molar-refractivity contribution in [1.82, 2.24) is 0 Å². The van der Waals surface area contributed by atoms with Gasteiger partial charge in [-0.05, 0) is 47.5 Å². The minimum absolute atomic E-state index is 0. The third kappa shape index (κ3) is 8.68. The molecule has 0 fully saturated rings. The molecule has 0 spiro atoms. The van der Waals surface area contributed by atoms with E-state index in [1.807, 2.05) is 48.5 Å². The number of rotatable bonds is 4. The second kappa shape index (κ2) is 15.7. The predicted octanol–water partition coefficient (Wildman–Crippen LogP) is 4.73. The predicted molar refractivity (Wildman–Crippen MR) is 155 cm³/mol. The number of hydrogen-bond donors (Lipinski definition) is 0. The summed E-state index contributed by atoms with van der Waals surface area (Å²) in [4.78, 5) is 9.11. The van der Waals surface area contributed by atoms with Gasteiger partial charge in [-0.3, -0.25) is 9.98 Å². The summed E-state index contributed by atoms with van der Waals surface area (Å²) in [6.45, 7) is 2.54. The quantitative estimate of drug-likeness (QED) is 0.243. The first-order valence-corrected chi connectivity index (χ1v) is 13.4. The molecule has 0 N–H and O–H groups in total. The van der Waals surface area contributed by atoms with Gasteiger partial charge in [0.15, 0.2) is 0 Å². The molecular weight excluding hydrogens is 584 g/mol. The summed E-state index contributed by atoms with van der Waals surface area (Å²) in [5.74, 6) is 1.22. The van der Waals surface area contributed by atoms with Crippen molar-refractivity contribution in [2.24, 2.45) is 9.98 Å². The number of ether oxygens (including phenoxy) is 4. The molecule has 4 aromatic carbocycles. The van der Waals surface area contributed by atoms with Crippen LogP contribution in [-0.4, -0.2) is 52.1 Å². The Kier molecular flexibility index (Phi) is 11.6. The Labute approximate surface area is 255 Å². The molecule has 0 bridgehead atoms. The van der Waals surface area contributed by atoms with Gasteiger partial charge in [0.2, 0.25) is 0 Å². The van der Waals surface area contributed by atoms with Crippen LogP contribution in [0.5, 0.6) is 23.0 Å². The summed E-state index contributed by atoms with van der Waals surface area (Å²) in [5.41, 5.74) is 4.16. The largest absolute Gasteiger partial charge is 2.00 e. The zero-order chi connectivity index (χ0) is 28.3. The van der Waals surface area contributed by atoms with Gasteiger partial charge in [-0.2, -0.15) is 0 Å². The molecule has 1 aliphatic rings. The van der Waals surface area contributed by atoms with E-state index in [2.05, 4.69) is 9.98 Å². The Hall–Kier alpha value is -4.14. The second-order valence-electron chi connectivity index (χ2n) is 9.27. The van der Waals surface area contributed by atoms with Crippen molar-refractivity contribution >= 4 is 23.8 Å². The van der Waals surface area contributed by atoms with Crippen LogP contribution in [0.15, 0.2) is 94.9 Å². The van der Waals surface area contributed by atoms with Crippen LogP contribution in [0.25, 0.3) is 0 Å². The van der Waals surface area contributed by atoms with E-state index in [1.165, 1.54) is 12.1 Å². The van der Waals surface area contributed by atoms with Gasteiger partial charge in [-0.1, -0.05) is 48.5 Å². The standard InChI is InChI=1S/C33H32N2O6.Cu/c36-30-7-3-1-5-24(30)22-34-28-9-11-32-26(20-28)19-27-21-29(35-23-25-6-2-4-8-31(25)37)10-12-33(27)41-18-16-39-14-13-38-15-17-40-32;/h1-12,20-23,36-37H,13-19H2;/q;+2/p-2. The molecule has 219 valence electrons. The number of nitrogens with zero attached hydrogens (tertiary/aromatic N) is 2. The van der Waals surface area contributed by atoms with Crippen molar-refractivity contribution in [1.29, 1.82) is 0 Å². The summed E-state index contributed by atoms with van der Waals surface area (Å²) in [6, 6.07) is 24.9. The Balaban J connectivity index is 0.00000405. The number of hydrogen-bond acceptors (Lipinski definition) is 8. The van der Waals surface area contributed by atoms with Crippen LogP contribution < -0.4 is 19.7 Å². The van der Waals surface area contributed by atoms with Crippen LogP contribution >= 0.6 is 0 Å². The molecule has 5 rings (SSSR count). The first-order valence-electron chi connectivity index (χ1n) is 13.4. The summed E-state index contributed by atoms with van der Waals surface area (Å²) in [6.07, 6.45) is 3.61. The molecular formula is C33H30CuN2O6. The maximum absolute atomic E-state index is 12.1. The molecule has 1 aliphatic heterocycles. The molecule has 0 aromatic heterocycles. The zero-order valence-electron chi connectivity index (χ0n) is 22.8. The molecule has 1 radical (unpaired) electrons. The van der Waals surface area contributed by atoms with Gasteiger partial charge in [-0.15, -0.1) is 11.5 Å². The molecule has 9 heteroatoms. The van der Waals surface area contributed by atoms with E-state index in [9.17, 15) is 10.2 Å². The van der Waals surface area contributed by atoms with Gasteiger partial charge >= 0.3 is 17.1 Å². The Morgan fingerprint density at radius 1 is 0.548 bits per heavy atom. The van der Waals surface area contributed by atoms with Gasteiger partial charge in [0, 0.05) is 30.0 Å². The summed E-state index contributed by atoms with van der Waals surface area (Å²) >= 11 is 0. The van der Waals surface area contributed by atoms with Crippen LogP contribution in [0.2, 0.25) is 0 Å². The molecule has 42 heavy (non-hydrogen) atoms. The molecule has 0 saturated heterocycles. The Morgan fingerprint density at radius 2 is 0.976 bits per heavy atom. The maximum Gasteiger partial charge on any atom is 2.00 e. The Bertz CT molecular complexity index is 1410. The maximum atomic E-state index is 12.1. The Morgan fingerprint density at radius 3 is 1.43 bits per heavy atom. The van der Waals surface area contributed by atoms with Crippen molar-refractivity contribution in [2.75, 3.05) is 39.6 Å². The molecule has 0 unspecified atom stereocenters. The molecule has 0 atom stereocenters. The van der Waals surface area contributed by atoms with Gasteiger partial charge in [0.1, 0.15) is 24.7 Å². The van der Waals surface area contributed by atoms with Crippen molar-refractivity contribution in [3.05, 3.63) is 107 Å². The minimum atomic E-state index is -0.0865. The van der Waals surface area contributed by atoms with Gasteiger partial charge < -0.3 is 29.2 Å². The molecule has 1 heterocycles. The minimum Gasteiger partial charge on any atom is -0.872 e. The number of aliphatic imine (C=N–C) groups is 2. The number of benzene rings is 4. The topological polar surface area (TPSA) is 108 Å². The SMILES string of the molecule is [Cu+2].[O-]c1ccccc1C=Nc1ccc2c(c1)Cc1cc(N=Cc3ccccc3[O-])ccc1OCCOCCOCCO2. The molecule has 8 nitrogen and oxygen atoms in total.